The summed E-state index contributed by atoms with van der Waals surface area (Å²) in [7, 11) is 1.85. The molecular weight excluding hydrogens is 510 g/mol. The average Bonchev–Trinajstić information content (AvgIpc) is 3.33. The molecule has 0 aromatic heterocycles. The fraction of sp³-hybridized carbons (Fsp3) is 0.286. The van der Waals surface area contributed by atoms with Gasteiger partial charge in [-0.2, -0.15) is 0 Å². The van der Waals surface area contributed by atoms with Crippen LogP contribution in [0.4, 0.5) is 11.4 Å². The van der Waals surface area contributed by atoms with E-state index in [4.69, 9.17) is 9.47 Å². The normalized spacial score (nSPS) is 22.2. The van der Waals surface area contributed by atoms with Gasteiger partial charge in [0, 0.05) is 25.8 Å². The van der Waals surface area contributed by atoms with Crippen LogP contribution < -0.4 is 19.9 Å². The second-order valence-electron chi connectivity index (χ2n) is 11.3. The quantitative estimate of drug-likeness (QED) is 0.331. The lowest BCUT2D eigenvalue weighted by Gasteiger charge is -2.39. The predicted molar refractivity (Wildman–Crippen MR) is 162 cm³/mol. The maximum atomic E-state index is 14.2. The minimum absolute atomic E-state index is 0.0323. The summed E-state index contributed by atoms with van der Waals surface area (Å²) < 4.78 is 12.4. The van der Waals surface area contributed by atoms with Crippen molar-refractivity contribution < 1.29 is 14.3 Å². The molecule has 41 heavy (non-hydrogen) atoms. The zero-order valence-electron chi connectivity index (χ0n) is 23.3. The topological polar surface area (TPSA) is 54.0 Å². The van der Waals surface area contributed by atoms with E-state index in [1.165, 1.54) is 0 Å². The standard InChI is InChI=1S/C35H35N3O3/c1-37-32-21-28(38-22-29-18-19-30(23-38)41-29)17-20-33(32)40-24-31(34(37)39)36-35(25-11-5-2-6-12-25,26-13-7-3-8-14-26)27-15-9-4-10-16-27/h2-17,20-21,29-31,36H,18-19,22-24H2,1H3/t29?,30?,31-/m0/s1. The van der Waals surface area contributed by atoms with E-state index in [1.54, 1.807) is 4.90 Å². The lowest BCUT2D eigenvalue weighted by Crippen LogP contribution is -2.56. The van der Waals surface area contributed by atoms with Gasteiger partial charge in [0.1, 0.15) is 18.4 Å². The molecule has 1 amide bonds. The second kappa shape index (κ2) is 10.7. The van der Waals surface area contributed by atoms with E-state index in [2.05, 4.69) is 58.7 Å². The highest BCUT2D eigenvalue weighted by Gasteiger charge is 2.42. The van der Waals surface area contributed by atoms with E-state index in [0.29, 0.717) is 12.2 Å². The van der Waals surface area contributed by atoms with Crippen molar-refractivity contribution in [1.29, 1.82) is 0 Å². The Bertz CT molecular complexity index is 1400. The Balaban J connectivity index is 1.26. The van der Waals surface area contributed by atoms with Gasteiger partial charge in [0.25, 0.3) is 0 Å². The van der Waals surface area contributed by atoms with Gasteiger partial charge in [-0.25, -0.2) is 0 Å². The van der Waals surface area contributed by atoms with E-state index < -0.39 is 11.6 Å². The first-order valence-corrected chi connectivity index (χ1v) is 14.5. The maximum absolute atomic E-state index is 14.2. The molecule has 3 heterocycles. The Morgan fingerprint density at radius 1 is 0.756 bits per heavy atom. The van der Waals surface area contributed by atoms with Gasteiger partial charge < -0.3 is 19.3 Å². The summed E-state index contributed by atoms with van der Waals surface area (Å²) in [5.74, 6) is 0.685. The summed E-state index contributed by atoms with van der Waals surface area (Å²) in [6.45, 7) is 1.98. The molecular formula is C35H35N3O3. The summed E-state index contributed by atoms with van der Waals surface area (Å²) >= 11 is 0. The van der Waals surface area contributed by atoms with E-state index in [-0.39, 0.29) is 12.5 Å². The molecule has 6 nitrogen and oxygen atoms in total. The monoisotopic (exact) mass is 545 g/mol. The van der Waals surface area contributed by atoms with Gasteiger partial charge >= 0.3 is 0 Å². The maximum Gasteiger partial charge on any atom is 0.247 e. The first kappa shape index (κ1) is 25.8. The number of nitrogens with one attached hydrogen (secondary N) is 1. The number of anilines is 2. The van der Waals surface area contributed by atoms with Gasteiger partial charge in [0.2, 0.25) is 5.91 Å². The van der Waals surface area contributed by atoms with Gasteiger partial charge in [-0.3, -0.25) is 10.1 Å². The highest BCUT2D eigenvalue weighted by Crippen LogP contribution is 2.40. The van der Waals surface area contributed by atoms with Crippen LogP contribution >= 0.6 is 0 Å². The zero-order valence-corrected chi connectivity index (χ0v) is 23.3. The third-order valence-electron chi connectivity index (χ3n) is 8.76. The number of likely N-dealkylation sites (N-methyl/N-ethyl adjacent to an activating group) is 1. The van der Waals surface area contributed by atoms with Gasteiger partial charge in [-0.1, -0.05) is 91.0 Å². The smallest absolute Gasteiger partial charge is 0.247 e. The molecule has 3 aliphatic heterocycles. The number of rotatable bonds is 6. The van der Waals surface area contributed by atoms with Crippen LogP contribution in [0.5, 0.6) is 5.75 Å². The number of carbonyl (C=O) groups is 1. The second-order valence-corrected chi connectivity index (χ2v) is 11.3. The van der Waals surface area contributed by atoms with Crippen LogP contribution in [0, 0.1) is 0 Å². The molecule has 1 N–H and O–H groups in total. The molecule has 7 rings (SSSR count). The number of ether oxygens (including phenoxy) is 2. The number of hydrogen-bond acceptors (Lipinski definition) is 5. The van der Waals surface area contributed by atoms with Crippen LogP contribution in [-0.2, 0) is 15.1 Å². The number of nitrogens with zero attached hydrogens (tertiary/aromatic N) is 2. The van der Waals surface area contributed by atoms with Gasteiger partial charge in [0.15, 0.2) is 0 Å². The summed E-state index contributed by atoms with van der Waals surface area (Å²) in [5, 5.41) is 3.83. The SMILES string of the molecule is CN1C(=O)[C@@H](NC(c2ccccc2)(c2ccccc2)c2ccccc2)COc2ccc(N3CC4CCC(C3)O4)cc21. The molecule has 2 bridgehead atoms. The Labute approximate surface area is 241 Å². The van der Waals surface area contributed by atoms with Crippen molar-refractivity contribution in [3.63, 3.8) is 0 Å². The number of morpholine rings is 1. The lowest BCUT2D eigenvalue weighted by molar-refractivity contribution is -0.121. The fourth-order valence-electron chi connectivity index (χ4n) is 6.69. The molecule has 208 valence electrons. The highest BCUT2D eigenvalue weighted by atomic mass is 16.5. The number of fused-ring (bicyclic) bond motifs is 3. The first-order chi connectivity index (χ1) is 20.1. The minimum Gasteiger partial charge on any atom is -0.489 e. The molecule has 0 radical (unpaired) electrons. The molecule has 2 unspecified atom stereocenters. The number of amides is 1. The Hall–Kier alpha value is -4.13. The third-order valence-corrected chi connectivity index (χ3v) is 8.76. The Morgan fingerprint density at radius 2 is 1.29 bits per heavy atom. The molecule has 4 aromatic carbocycles. The largest absolute Gasteiger partial charge is 0.489 e. The van der Waals surface area contributed by atoms with Crippen molar-refractivity contribution in [3.8, 4) is 5.75 Å². The van der Waals surface area contributed by atoms with Gasteiger partial charge in [-0.15, -0.1) is 0 Å². The third kappa shape index (κ3) is 4.67. The fourth-order valence-corrected chi connectivity index (χ4v) is 6.69. The minimum atomic E-state index is -0.775. The Morgan fingerprint density at radius 3 is 1.83 bits per heavy atom. The zero-order chi connectivity index (χ0) is 27.8. The van der Waals surface area contributed by atoms with E-state index in [9.17, 15) is 4.79 Å². The van der Waals surface area contributed by atoms with Gasteiger partial charge in [-0.05, 0) is 47.7 Å². The summed E-state index contributed by atoms with van der Waals surface area (Å²) in [5.41, 5.74) is 4.28. The molecule has 3 aliphatic rings. The van der Waals surface area contributed by atoms with Crippen molar-refractivity contribution in [3.05, 3.63) is 126 Å². The molecule has 4 aromatic rings. The van der Waals surface area contributed by atoms with E-state index >= 15 is 0 Å². The van der Waals surface area contributed by atoms with E-state index in [0.717, 1.165) is 59.7 Å². The first-order valence-electron chi connectivity index (χ1n) is 14.5. The predicted octanol–water partition coefficient (Wildman–Crippen LogP) is 5.36. The van der Waals surface area contributed by atoms with Crippen molar-refractivity contribution in [1.82, 2.24) is 5.32 Å². The van der Waals surface area contributed by atoms with Crippen LogP contribution in [0.3, 0.4) is 0 Å². The van der Waals surface area contributed by atoms with Crippen molar-refractivity contribution >= 4 is 17.3 Å². The van der Waals surface area contributed by atoms with E-state index in [1.807, 2.05) is 67.7 Å². The molecule has 0 spiro atoms. The van der Waals surface area contributed by atoms with Crippen molar-refractivity contribution in [2.45, 2.75) is 36.6 Å². The lowest BCUT2D eigenvalue weighted by atomic mass is 9.76. The number of carbonyl (C=O) groups excluding carboxylic acids is 1. The molecule has 0 aliphatic carbocycles. The molecule has 2 fully saturated rings. The van der Waals surface area contributed by atoms with Crippen LogP contribution in [-0.4, -0.2) is 50.9 Å². The Kier molecular flexibility index (Phi) is 6.73. The number of hydrogen-bond donors (Lipinski definition) is 1. The van der Waals surface area contributed by atoms with Crippen LogP contribution in [0.15, 0.2) is 109 Å². The summed E-state index contributed by atoms with van der Waals surface area (Å²) in [6.07, 6.45) is 2.82. The molecule has 6 heteroatoms. The van der Waals surface area contributed by atoms with Crippen molar-refractivity contribution in [2.24, 2.45) is 0 Å². The summed E-state index contributed by atoms with van der Waals surface area (Å²) in [6, 6.07) is 36.7. The molecule has 3 atom stereocenters. The average molecular weight is 546 g/mol. The van der Waals surface area contributed by atoms with Crippen molar-refractivity contribution in [2.75, 3.05) is 36.5 Å². The van der Waals surface area contributed by atoms with Crippen LogP contribution in [0.1, 0.15) is 29.5 Å². The van der Waals surface area contributed by atoms with Crippen LogP contribution in [0.25, 0.3) is 0 Å². The molecule has 0 saturated carbocycles. The highest BCUT2D eigenvalue weighted by molar-refractivity contribution is 5.99. The van der Waals surface area contributed by atoms with Gasteiger partial charge in [0.05, 0.1) is 23.4 Å². The summed E-state index contributed by atoms with van der Waals surface area (Å²) in [4.78, 5) is 18.4. The molecule has 2 saturated heterocycles. The van der Waals surface area contributed by atoms with Crippen LogP contribution in [0.2, 0.25) is 0 Å². The number of benzene rings is 4.